The van der Waals surface area contributed by atoms with Crippen molar-refractivity contribution in [1.29, 1.82) is 0 Å². The summed E-state index contributed by atoms with van der Waals surface area (Å²) in [4.78, 5) is 16.3. The maximum atomic E-state index is 12.2. The van der Waals surface area contributed by atoms with Crippen molar-refractivity contribution in [3.8, 4) is 11.5 Å². The minimum absolute atomic E-state index is 0.239. The fourth-order valence-corrected chi connectivity index (χ4v) is 2.25. The Kier molecular flexibility index (Phi) is 4.94. The summed E-state index contributed by atoms with van der Waals surface area (Å²) in [7, 11) is 3.33. The van der Waals surface area contributed by atoms with Crippen LogP contribution >= 0.6 is 0 Å². The number of amides is 1. The highest BCUT2D eigenvalue weighted by Crippen LogP contribution is 2.31. The van der Waals surface area contributed by atoms with Gasteiger partial charge in [-0.2, -0.15) is 5.10 Å². The number of aromatic nitrogens is 3. The molecule has 0 bridgehead atoms. The van der Waals surface area contributed by atoms with Gasteiger partial charge in [-0.25, -0.2) is 0 Å². The molecular weight excluding hydrogens is 320 g/mol. The van der Waals surface area contributed by atoms with Gasteiger partial charge in [0.1, 0.15) is 6.61 Å². The Labute approximate surface area is 145 Å². The number of carbonyl (C=O) groups is 1. The van der Waals surface area contributed by atoms with E-state index in [1.54, 1.807) is 55.6 Å². The van der Waals surface area contributed by atoms with Gasteiger partial charge in [-0.1, -0.05) is 6.07 Å². The number of rotatable bonds is 6. The molecule has 7 nitrogen and oxygen atoms in total. The molecule has 0 radical (unpaired) electrons. The van der Waals surface area contributed by atoms with Crippen LogP contribution in [0.5, 0.6) is 11.5 Å². The number of aryl methyl sites for hydroxylation is 1. The molecule has 128 valence electrons. The van der Waals surface area contributed by atoms with Crippen molar-refractivity contribution in [2.75, 3.05) is 12.4 Å². The Morgan fingerprint density at radius 2 is 2.12 bits per heavy atom. The lowest BCUT2D eigenvalue weighted by molar-refractivity contribution is 0.102. The number of nitrogens with zero attached hydrogens (tertiary/aromatic N) is 3. The first-order valence-corrected chi connectivity index (χ1v) is 7.65. The average Bonchev–Trinajstić information content (AvgIpc) is 3.07. The first kappa shape index (κ1) is 16.5. The Hall–Kier alpha value is -3.35. The highest BCUT2D eigenvalue weighted by molar-refractivity contribution is 6.04. The number of anilines is 1. The van der Waals surface area contributed by atoms with E-state index in [2.05, 4.69) is 15.4 Å². The molecule has 7 heteroatoms. The molecule has 0 atom stereocenters. The van der Waals surface area contributed by atoms with Crippen LogP contribution in [0.2, 0.25) is 0 Å². The molecule has 25 heavy (non-hydrogen) atoms. The smallest absolute Gasteiger partial charge is 0.258 e. The third kappa shape index (κ3) is 4.14. The Balaban J connectivity index is 1.74. The van der Waals surface area contributed by atoms with E-state index in [0.29, 0.717) is 29.4 Å². The van der Waals surface area contributed by atoms with Crippen molar-refractivity contribution in [3.05, 3.63) is 66.2 Å². The topological polar surface area (TPSA) is 78.3 Å². The lowest BCUT2D eigenvalue weighted by Crippen LogP contribution is -2.11. The lowest BCUT2D eigenvalue weighted by Gasteiger charge is -2.13. The van der Waals surface area contributed by atoms with E-state index in [4.69, 9.17) is 9.47 Å². The number of pyridine rings is 1. The number of carbonyl (C=O) groups excluding carboxylic acids is 1. The second-order valence-electron chi connectivity index (χ2n) is 5.37. The zero-order chi connectivity index (χ0) is 17.6. The second kappa shape index (κ2) is 7.48. The van der Waals surface area contributed by atoms with Gasteiger partial charge >= 0.3 is 0 Å². The largest absolute Gasteiger partial charge is 0.493 e. The number of nitrogens with one attached hydrogen (secondary N) is 1. The summed E-state index contributed by atoms with van der Waals surface area (Å²) in [5.74, 6) is 0.884. The van der Waals surface area contributed by atoms with Crippen molar-refractivity contribution in [2.45, 2.75) is 6.61 Å². The van der Waals surface area contributed by atoms with Gasteiger partial charge in [0.25, 0.3) is 5.91 Å². The van der Waals surface area contributed by atoms with Gasteiger partial charge < -0.3 is 14.8 Å². The van der Waals surface area contributed by atoms with Gasteiger partial charge in [0.15, 0.2) is 11.5 Å². The van der Waals surface area contributed by atoms with E-state index in [9.17, 15) is 4.79 Å². The van der Waals surface area contributed by atoms with Crippen molar-refractivity contribution >= 4 is 11.6 Å². The molecule has 3 aromatic rings. The number of methoxy groups -OCH3 is 1. The van der Waals surface area contributed by atoms with E-state index in [0.717, 1.165) is 5.56 Å². The summed E-state index contributed by atoms with van der Waals surface area (Å²) < 4.78 is 12.7. The molecule has 0 aliphatic carbocycles. The maximum absolute atomic E-state index is 12.2. The number of ether oxygens (including phenoxy) is 2. The third-order valence-corrected chi connectivity index (χ3v) is 3.51. The zero-order valence-corrected chi connectivity index (χ0v) is 14.0. The van der Waals surface area contributed by atoms with E-state index >= 15 is 0 Å². The SMILES string of the molecule is COc1ccc(NC(=O)c2cnn(C)c2)cc1OCc1cccnc1. The summed E-state index contributed by atoms with van der Waals surface area (Å²) in [6.07, 6.45) is 6.61. The van der Waals surface area contributed by atoms with Crippen molar-refractivity contribution in [2.24, 2.45) is 7.05 Å². The number of benzene rings is 1. The van der Waals surface area contributed by atoms with Crippen LogP contribution in [0.15, 0.2) is 55.1 Å². The minimum atomic E-state index is -0.239. The fraction of sp³-hybridized carbons (Fsp3) is 0.167. The molecule has 1 N–H and O–H groups in total. The molecule has 1 amide bonds. The van der Waals surface area contributed by atoms with Crippen molar-refractivity contribution in [1.82, 2.24) is 14.8 Å². The Morgan fingerprint density at radius 1 is 1.24 bits per heavy atom. The molecule has 2 heterocycles. The van der Waals surface area contributed by atoms with Crippen LogP contribution in [0, 0.1) is 0 Å². The summed E-state index contributed by atoms with van der Waals surface area (Å²) in [6, 6.07) is 9.00. The van der Waals surface area contributed by atoms with E-state index in [-0.39, 0.29) is 5.91 Å². The predicted octanol–water partition coefficient (Wildman–Crippen LogP) is 2.66. The Bertz CT molecular complexity index is 862. The highest BCUT2D eigenvalue weighted by Gasteiger charge is 2.11. The lowest BCUT2D eigenvalue weighted by atomic mass is 10.2. The van der Waals surface area contributed by atoms with Crippen LogP contribution in [-0.4, -0.2) is 27.8 Å². The maximum Gasteiger partial charge on any atom is 0.258 e. The van der Waals surface area contributed by atoms with Gasteiger partial charge in [0.2, 0.25) is 0 Å². The summed E-state index contributed by atoms with van der Waals surface area (Å²) in [6.45, 7) is 0.351. The molecule has 0 saturated carbocycles. The zero-order valence-electron chi connectivity index (χ0n) is 14.0. The van der Waals surface area contributed by atoms with E-state index < -0.39 is 0 Å². The molecule has 0 aliphatic rings. The van der Waals surface area contributed by atoms with E-state index in [1.165, 1.54) is 6.20 Å². The van der Waals surface area contributed by atoms with Crippen LogP contribution in [-0.2, 0) is 13.7 Å². The fourth-order valence-electron chi connectivity index (χ4n) is 2.25. The monoisotopic (exact) mass is 338 g/mol. The third-order valence-electron chi connectivity index (χ3n) is 3.51. The van der Waals surface area contributed by atoms with Crippen molar-refractivity contribution in [3.63, 3.8) is 0 Å². The standard InChI is InChI=1S/C18H18N4O3/c1-22-11-14(10-20-22)18(23)21-15-5-6-16(24-2)17(8-15)25-12-13-4-3-7-19-9-13/h3-11H,12H2,1-2H3,(H,21,23). The number of hydrogen-bond donors (Lipinski definition) is 1. The van der Waals surface area contributed by atoms with E-state index in [1.807, 2.05) is 12.1 Å². The van der Waals surface area contributed by atoms with Crippen LogP contribution in [0.4, 0.5) is 5.69 Å². The van der Waals surface area contributed by atoms with Gasteiger partial charge in [-0.15, -0.1) is 0 Å². The molecule has 1 aromatic carbocycles. The Morgan fingerprint density at radius 3 is 2.80 bits per heavy atom. The average molecular weight is 338 g/mol. The van der Waals surface area contributed by atoms with Crippen LogP contribution in [0.25, 0.3) is 0 Å². The minimum Gasteiger partial charge on any atom is -0.493 e. The summed E-state index contributed by atoms with van der Waals surface area (Å²) in [5, 5.41) is 6.81. The van der Waals surface area contributed by atoms with Gasteiger partial charge in [0, 0.05) is 43.0 Å². The molecule has 0 aliphatic heterocycles. The highest BCUT2D eigenvalue weighted by atomic mass is 16.5. The van der Waals surface area contributed by atoms with Gasteiger partial charge in [0.05, 0.1) is 18.9 Å². The quantitative estimate of drug-likeness (QED) is 0.747. The van der Waals surface area contributed by atoms with Gasteiger partial charge in [-0.3, -0.25) is 14.5 Å². The molecule has 2 aromatic heterocycles. The predicted molar refractivity (Wildman–Crippen MR) is 92.7 cm³/mol. The molecular formula is C18H18N4O3. The van der Waals surface area contributed by atoms with Crippen molar-refractivity contribution < 1.29 is 14.3 Å². The van der Waals surface area contributed by atoms with Crippen LogP contribution < -0.4 is 14.8 Å². The first-order valence-electron chi connectivity index (χ1n) is 7.65. The number of hydrogen-bond acceptors (Lipinski definition) is 5. The first-order chi connectivity index (χ1) is 12.2. The molecule has 0 unspecified atom stereocenters. The van der Waals surface area contributed by atoms with Crippen LogP contribution in [0.1, 0.15) is 15.9 Å². The summed E-state index contributed by atoms with van der Waals surface area (Å²) >= 11 is 0. The van der Waals surface area contributed by atoms with Gasteiger partial charge in [-0.05, 0) is 18.2 Å². The molecule has 3 rings (SSSR count). The second-order valence-corrected chi connectivity index (χ2v) is 5.37. The summed E-state index contributed by atoms with van der Waals surface area (Å²) in [5.41, 5.74) is 2.03. The van der Waals surface area contributed by atoms with Crippen LogP contribution in [0.3, 0.4) is 0 Å². The molecule has 0 fully saturated rings. The molecule has 0 spiro atoms. The molecule has 0 saturated heterocycles. The normalized spacial score (nSPS) is 10.3.